The first-order valence-corrected chi connectivity index (χ1v) is 6.66. The van der Waals surface area contributed by atoms with Crippen LogP contribution in [0.4, 0.5) is 4.39 Å². The zero-order chi connectivity index (χ0) is 13.7. The molecule has 1 aromatic carbocycles. The van der Waals surface area contributed by atoms with Gasteiger partial charge in [-0.25, -0.2) is 4.39 Å². The number of hydrogen-bond donors (Lipinski definition) is 1. The van der Waals surface area contributed by atoms with E-state index in [0.29, 0.717) is 11.3 Å². The molecule has 0 saturated carbocycles. The minimum Gasteiger partial charge on any atom is -0.494 e. The van der Waals surface area contributed by atoms with Crippen molar-refractivity contribution in [3.63, 3.8) is 0 Å². The third-order valence-corrected chi connectivity index (χ3v) is 3.55. The first kappa shape index (κ1) is 17.0. The van der Waals surface area contributed by atoms with Crippen molar-refractivity contribution >= 4 is 12.4 Å². The van der Waals surface area contributed by atoms with Crippen LogP contribution in [0.5, 0.6) is 5.75 Å². The molecule has 1 aliphatic heterocycles. The smallest absolute Gasteiger partial charge is 0.169 e. The first-order chi connectivity index (χ1) is 9.27. The van der Waals surface area contributed by atoms with E-state index in [4.69, 9.17) is 4.74 Å². The van der Waals surface area contributed by atoms with Crippen molar-refractivity contribution in [2.45, 2.75) is 12.5 Å². The van der Waals surface area contributed by atoms with Gasteiger partial charge in [-0.1, -0.05) is 18.2 Å². The van der Waals surface area contributed by atoms with Crippen LogP contribution in [0.2, 0.25) is 0 Å². The lowest BCUT2D eigenvalue weighted by atomic mass is 10.00. The standard InChI is InChI=1S/C15H21FN2O.ClH/c1-3-5-13(18-10-8-17-9-11-18)12-6-4-7-14(19-2)15(12)16;/h3-4,6-7,13,17H,1,5,8-11H2,2H3;1H/t13-;/m1./s1. The van der Waals surface area contributed by atoms with Crippen LogP contribution in [-0.4, -0.2) is 38.2 Å². The van der Waals surface area contributed by atoms with E-state index in [1.54, 1.807) is 6.07 Å². The molecular formula is C15H22ClFN2O. The molecule has 1 saturated heterocycles. The molecular weight excluding hydrogens is 279 g/mol. The minimum absolute atomic E-state index is 0. The topological polar surface area (TPSA) is 24.5 Å². The predicted octanol–water partition coefficient (Wildman–Crippen LogP) is 2.78. The van der Waals surface area contributed by atoms with E-state index in [2.05, 4.69) is 16.8 Å². The second-order valence-electron chi connectivity index (χ2n) is 4.69. The Labute approximate surface area is 126 Å². The molecule has 0 spiro atoms. The van der Waals surface area contributed by atoms with Crippen LogP contribution in [-0.2, 0) is 0 Å². The van der Waals surface area contributed by atoms with E-state index in [1.165, 1.54) is 7.11 Å². The molecule has 112 valence electrons. The first-order valence-electron chi connectivity index (χ1n) is 6.66. The molecule has 2 rings (SSSR count). The van der Waals surface area contributed by atoms with Crippen molar-refractivity contribution < 1.29 is 9.13 Å². The normalized spacial score (nSPS) is 17.1. The van der Waals surface area contributed by atoms with Crippen molar-refractivity contribution in [1.29, 1.82) is 0 Å². The lowest BCUT2D eigenvalue weighted by Gasteiger charge is -2.35. The zero-order valence-electron chi connectivity index (χ0n) is 11.8. The Hall–Kier alpha value is -1.10. The summed E-state index contributed by atoms with van der Waals surface area (Å²) in [5.74, 6) is 0.0529. The number of methoxy groups -OCH3 is 1. The molecule has 0 aromatic heterocycles. The Morgan fingerprint density at radius 3 is 2.75 bits per heavy atom. The molecule has 0 aliphatic carbocycles. The van der Waals surface area contributed by atoms with E-state index in [1.807, 2.05) is 18.2 Å². The Morgan fingerprint density at radius 2 is 2.15 bits per heavy atom. The molecule has 0 unspecified atom stereocenters. The van der Waals surface area contributed by atoms with E-state index in [0.717, 1.165) is 32.6 Å². The number of nitrogens with one attached hydrogen (secondary N) is 1. The zero-order valence-corrected chi connectivity index (χ0v) is 12.6. The molecule has 0 amide bonds. The number of nitrogens with zero attached hydrogens (tertiary/aromatic N) is 1. The average molecular weight is 301 g/mol. The van der Waals surface area contributed by atoms with E-state index in [9.17, 15) is 4.39 Å². The monoisotopic (exact) mass is 300 g/mol. The fourth-order valence-electron chi connectivity index (χ4n) is 2.57. The van der Waals surface area contributed by atoms with Crippen LogP contribution in [0.1, 0.15) is 18.0 Å². The second kappa shape index (κ2) is 8.25. The van der Waals surface area contributed by atoms with Crippen LogP contribution in [0.3, 0.4) is 0 Å². The Bertz CT molecular complexity index is 436. The number of rotatable bonds is 5. The highest BCUT2D eigenvalue weighted by atomic mass is 35.5. The largest absolute Gasteiger partial charge is 0.494 e. The number of halogens is 2. The molecule has 5 heteroatoms. The maximum absolute atomic E-state index is 14.4. The molecule has 1 N–H and O–H groups in total. The van der Waals surface area contributed by atoms with Crippen LogP contribution in [0.15, 0.2) is 30.9 Å². The van der Waals surface area contributed by atoms with Gasteiger partial charge in [0.15, 0.2) is 11.6 Å². The third kappa shape index (κ3) is 3.72. The molecule has 1 aromatic rings. The SMILES string of the molecule is C=CC[C@H](c1cccc(OC)c1F)N1CCNCC1.Cl. The number of benzene rings is 1. The molecule has 1 fully saturated rings. The summed E-state index contributed by atoms with van der Waals surface area (Å²) in [5, 5.41) is 3.31. The summed E-state index contributed by atoms with van der Waals surface area (Å²) in [5.41, 5.74) is 0.696. The quantitative estimate of drug-likeness (QED) is 0.846. The van der Waals surface area contributed by atoms with Gasteiger partial charge >= 0.3 is 0 Å². The molecule has 3 nitrogen and oxygen atoms in total. The summed E-state index contributed by atoms with van der Waals surface area (Å²) >= 11 is 0. The summed E-state index contributed by atoms with van der Waals surface area (Å²) in [6.45, 7) is 7.54. The lowest BCUT2D eigenvalue weighted by Crippen LogP contribution is -2.45. The summed E-state index contributed by atoms with van der Waals surface area (Å²) in [4.78, 5) is 2.30. The van der Waals surface area contributed by atoms with E-state index >= 15 is 0 Å². The average Bonchev–Trinajstić information content (AvgIpc) is 2.46. The van der Waals surface area contributed by atoms with E-state index < -0.39 is 0 Å². The highest BCUT2D eigenvalue weighted by Crippen LogP contribution is 2.31. The van der Waals surface area contributed by atoms with Crippen LogP contribution in [0.25, 0.3) is 0 Å². The van der Waals surface area contributed by atoms with Gasteiger partial charge in [0.1, 0.15) is 0 Å². The Morgan fingerprint density at radius 1 is 1.45 bits per heavy atom. The highest BCUT2D eigenvalue weighted by molar-refractivity contribution is 5.85. The summed E-state index contributed by atoms with van der Waals surface area (Å²) in [6, 6.07) is 5.38. The minimum atomic E-state index is -0.254. The molecule has 1 atom stereocenters. The third-order valence-electron chi connectivity index (χ3n) is 3.55. The summed E-state index contributed by atoms with van der Waals surface area (Å²) in [6.07, 6.45) is 2.59. The van der Waals surface area contributed by atoms with Crippen molar-refractivity contribution in [1.82, 2.24) is 10.2 Å². The van der Waals surface area contributed by atoms with Crippen LogP contribution >= 0.6 is 12.4 Å². The maximum atomic E-state index is 14.4. The van der Waals surface area contributed by atoms with Gasteiger partial charge in [-0.2, -0.15) is 0 Å². The van der Waals surface area contributed by atoms with Crippen molar-refractivity contribution in [3.8, 4) is 5.75 Å². The van der Waals surface area contributed by atoms with Gasteiger partial charge in [0, 0.05) is 37.8 Å². The van der Waals surface area contributed by atoms with Gasteiger partial charge in [0.25, 0.3) is 0 Å². The molecule has 0 radical (unpaired) electrons. The highest BCUT2D eigenvalue weighted by Gasteiger charge is 2.24. The van der Waals surface area contributed by atoms with Crippen molar-refractivity contribution in [2.24, 2.45) is 0 Å². The second-order valence-corrected chi connectivity index (χ2v) is 4.69. The van der Waals surface area contributed by atoms with Gasteiger partial charge in [0.2, 0.25) is 0 Å². The molecule has 1 aliphatic rings. The Kier molecular flexibility index (Phi) is 6.99. The molecule has 0 bridgehead atoms. The molecule has 1 heterocycles. The van der Waals surface area contributed by atoms with Crippen LogP contribution in [0, 0.1) is 5.82 Å². The molecule has 20 heavy (non-hydrogen) atoms. The van der Waals surface area contributed by atoms with Gasteiger partial charge in [-0.05, 0) is 12.5 Å². The van der Waals surface area contributed by atoms with Gasteiger partial charge in [-0.3, -0.25) is 4.90 Å². The number of piperazine rings is 1. The predicted molar refractivity (Wildman–Crippen MR) is 82.2 cm³/mol. The van der Waals surface area contributed by atoms with Gasteiger partial charge in [-0.15, -0.1) is 19.0 Å². The van der Waals surface area contributed by atoms with E-state index in [-0.39, 0.29) is 24.3 Å². The summed E-state index contributed by atoms with van der Waals surface area (Å²) < 4.78 is 19.5. The maximum Gasteiger partial charge on any atom is 0.169 e. The fraction of sp³-hybridized carbons (Fsp3) is 0.467. The van der Waals surface area contributed by atoms with Gasteiger partial charge in [0.05, 0.1) is 7.11 Å². The Balaban J connectivity index is 0.00000200. The van der Waals surface area contributed by atoms with Crippen molar-refractivity contribution in [3.05, 3.63) is 42.2 Å². The number of ether oxygens (including phenoxy) is 1. The summed E-state index contributed by atoms with van der Waals surface area (Å²) in [7, 11) is 1.50. The fourth-order valence-corrected chi connectivity index (χ4v) is 2.57. The van der Waals surface area contributed by atoms with Crippen molar-refractivity contribution in [2.75, 3.05) is 33.3 Å². The van der Waals surface area contributed by atoms with Crippen LogP contribution < -0.4 is 10.1 Å². The number of hydrogen-bond acceptors (Lipinski definition) is 3. The lowest BCUT2D eigenvalue weighted by molar-refractivity contribution is 0.170. The van der Waals surface area contributed by atoms with Gasteiger partial charge < -0.3 is 10.1 Å².